The molecule has 2 fully saturated rings. The van der Waals surface area contributed by atoms with E-state index in [0.29, 0.717) is 30.3 Å². The SMILES string of the molecule is CCNC(=NCCCCN1C(=O)c2ccccc2C1=O)N1CCC(N2CCCC2)C1. The van der Waals surface area contributed by atoms with Crippen molar-refractivity contribution in [3.63, 3.8) is 0 Å². The minimum atomic E-state index is -0.169. The molecule has 1 atom stereocenters. The number of hydrogen-bond donors (Lipinski definition) is 1. The zero-order valence-corrected chi connectivity index (χ0v) is 18.0. The van der Waals surface area contributed by atoms with Gasteiger partial charge in [-0.05, 0) is 64.3 Å². The number of rotatable bonds is 7. The van der Waals surface area contributed by atoms with Gasteiger partial charge in [0.15, 0.2) is 5.96 Å². The van der Waals surface area contributed by atoms with Gasteiger partial charge in [-0.25, -0.2) is 0 Å². The van der Waals surface area contributed by atoms with E-state index in [-0.39, 0.29) is 11.8 Å². The van der Waals surface area contributed by atoms with Crippen molar-refractivity contribution in [3.8, 4) is 0 Å². The van der Waals surface area contributed by atoms with Gasteiger partial charge in [-0.2, -0.15) is 0 Å². The second-order valence-electron chi connectivity index (χ2n) is 8.38. The highest BCUT2D eigenvalue weighted by atomic mass is 16.2. The molecule has 7 heteroatoms. The normalized spacial score (nSPS) is 22.3. The second-order valence-corrected chi connectivity index (χ2v) is 8.38. The highest BCUT2D eigenvalue weighted by molar-refractivity contribution is 6.21. The molecule has 0 spiro atoms. The molecule has 0 aliphatic carbocycles. The van der Waals surface area contributed by atoms with E-state index in [1.807, 2.05) is 0 Å². The van der Waals surface area contributed by atoms with Crippen LogP contribution in [0.15, 0.2) is 29.3 Å². The number of guanidine groups is 1. The fourth-order valence-corrected chi connectivity index (χ4v) is 4.77. The van der Waals surface area contributed by atoms with Gasteiger partial charge < -0.3 is 10.2 Å². The van der Waals surface area contributed by atoms with Gasteiger partial charge in [0, 0.05) is 38.8 Å². The quantitative estimate of drug-likeness (QED) is 0.322. The van der Waals surface area contributed by atoms with Crippen LogP contribution in [0.3, 0.4) is 0 Å². The molecule has 3 aliphatic heterocycles. The maximum Gasteiger partial charge on any atom is 0.261 e. The third-order valence-electron chi connectivity index (χ3n) is 6.38. The molecule has 2 amide bonds. The van der Waals surface area contributed by atoms with Gasteiger partial charge in [0.25, 0.3) is 11.8 Å². The van der Waals surface area contributed by atoms with Gasteiger partial charge in [0.05, 0.1) is 11.1 Å². The van der Waals surface area contributed by atoms with Crippen molar-refractivity contribution >= 4 is 17.8 Å². The predicted octanol–water partition coefficient (Wildman–Crippen LogP) is 2.20. The van der Waals surface area contributed by atoms with Gasteiger partial charge in [-0.1, -0.05) is 12.1 Å². The molecule has 1 unspecified atom stereocenters. The van der Waals surface area contributed by atoms with Crippen molar-refractivity contribution < 1.29 is 9.59 Å². The molecular formula is C23H33N5O2. The summed E-state index contributed by atoms with van der Waals surface area (Å²) in [6.07, 6.45) is 5.50. The van der Waals surface area contributed by atoms with E-state index >= 15 is 0 Å². The van der Waals surface area contributed by atoms with Gasteiger partial charge >= 0.3 is 0 Å². The zero-order valence-electron chi connectivity index (χ0n) is 18.0. The predicted molar refractivity (Wildman–Crippen MR) is 118 cm³/mol. The van der Waals surface area contributed by atoms with Crippen molar-refractivity contribution in [1.82, 2.24) is 20.0 Å². The largest absolute Gasteiger partial charge is 0.357 e. The Labute approximate surface area is 179 Å². The molecule has 0 aromatic heterocycles. The molecule has 2 saturated heterocycles. The van der Waals surface area contributed by atoms with Crippen LogP contribution in [-0.4, -0.2) is 84.3 Å². The second kappa shape index (κ2) is 9.60. The molecule has 30 heavy (non-hydrogen) atoms. The van der Waals surface area contributed by atoms with Crippen LogP contribution in [0.25, 0.3) is 0 Å². The lowest BCUT2D eigenvalue weighted by molar-refractivity contribution is 0.0652. The smallest absolute Gasteiger partial charge is 0.261 e. The van der Waals surface area contributed by atoms with Crippen LogP contribution in [0.5, 0.6) is 0 Å². The number of carbonyl (C=O) groups excluding carboxylic acids is 2. The molecular weight excluding hydrogens is 378 g/mol. The fraction of sp³-hybridized carbons (Fsp3) is 0.609. The minimum absolute atomic E-state index is 0.169. The van der Waals surface area contributed by atoms with E-state index in [1.165, 1.54) is 37.3 Å². The van der Waals surface area contributed by atoms with E-state index in [2.05, 4.69) is 22.0 Å². The van der Waals surface area contributed by atoms with E-state index in [1.54, 1.807) is 24.3 Å². The van der Waals surface area contributed by atoms with Gasteiger partial charge in [-0.15, -0.1) is 0 Å². The summed E-state index contributed by atoms with van der Waals surface area (Å²) in [5, 5.41) is 3.43. The Morgan fingerprint density at radius 2 is 1.77 bits per heavy atom. The number of unbranched alkanes of at least 4 members (excludes halogenated alkanes) is 1. The number of imide groups is 1. The lowest BCUT2D eigenvalue weighted by Crippen LogP contribution is -2.42. The zero-order chi connectivity index (χ0) is 20.9. The Morgan fingerprint density at radius 3 is 2.43 bits per heavy atom. The van der Waals surface area contributed by atoms with Crippen LogP contribution in [-0.2, 0) is 0 Å². The molecule has 0 radical (unpaired) electrons. The topological polar surface area (TPSA) is 68.2 Å². The Hall–Kier alpha value is -2.41. The number of fused-ring (bicyclic) bond motifs is 1. The number of benzene rings is 1. The average Bonchev–Trinajstić information content (AvgIpc) is 3.50. The first-order valence-electron chi connectivity index (χ1n) is 11.4. The standard InChI is InChI=1S/C23H33N5O2/c1-2-24-23(27-16-11-18(17-27)26-13-7-8-14-26)25-12-5-6-15-28-21(29)19-9-3-4-10-20(19)22(28)30/h3-4,9-10,18H,2,5-8,11-17H2,1H3,(H,24,25). The van der Waals surface area contributed by atoms with Crippen LogP contribution in [0.1, 0.15) is 59.7 Å². The lowest BCUT2D eigenvalue weighted by Gasteiger charge is -2.25. The maximum absolute atomic E-state index is 12.4. The number of carbonyl (C=O) groups is 2. The third-order valence-corrected chi connectivity index (χ3v) is 6.38. The van der Waals surface area contributed by atoms with Crippen LogP contribution in [0.4, 0.5) is 0 Å². The highest BCUT2D eigenvalue weighted by Crippen LogP contribution is 2.23. The molecule has 1 N–H and O–H groups in total. The summed E-state index contributed by atoms with van der Waals surface area (Å²) in [6.45, 7) is 8.72. The summed E-state index contributed by atoms with van der Waals surface area (Å²) in [7, 11) is 0. The summed E-state index contributed by atoms with van der Waals surface area (Å²) in [5.74, 6) is 0.662. The number of hydrogen-bond acceptors (Lipinski definition) is 4. The third kappa shape index (κ3) is 4.36. The highest BCUT2D eigenvalue weighted by Gasteiger charge is 2.34. The number of likely N-dealkylation sites (tertiary alicyclic amines) is 2. The number of amides is 2. The first-order chi connectivity index (χ1) is 14.7. The van der Waals surface area contributed by atoms with Gasteiger partial charge in [0.1, 0.15) is 0 Å². The van der Waals surface area contributed by atoms with Gasteiger partial charge in [0.2, 0.25) is 0 Å². The van der Waals surface area contributed by atoms with Crippen molar-refractivity contribution in [2.75, 3.05) is 45.8 Å². The number of aliphatic imine (C=N–C) groups is 1. The Bertz CT molecular complexity index is 768. The molecule has 3 aliphatic rings. The Kier molecular flexibility index (Phi) is 6.67. The van der Waals surface area contributed by atoms with E-state index in [0.717, 1.165) is 38.4 Å². The Balaban J connectivity index is 1.25. The maximum atomic E-state index is 12.4. The van der Waals surface area contributed by atoms with Crippen LogP contribution < -0.4 is 5.32 Å². The monoisotopic (exact) mass is 411 g/mol. The Morgan fingerprint density at radius 1 is 1.07 bits per heavy atom. The molecule has 0 bridgehead atoms. The molecule has 0 saturated carbocycles. The molecule has 4 rings (SSSR count). The van der Waals surface area contributed by atoms with E-state index in [9.17, 15) is 9.59 Å². The molecule has 1 aromatic carbocycles. The van der Waals surface area contributed by atoms with Crippen molar-refractivity contribution in [3.05, 3.63) is 35.4 Å². The summed E-state index contributed by atoms with van der Waals surface area (Å²) < 4.78 is 0. The molecule has 162 valence electrons. The molecule has 7 nitrogen and oxygen atoms in total. The summed E-state index contributed by atoms with van der Waals surface area (Å²) >= 11 is 0. The fourth-order valence-electron chi connectivity index (χ4n) is 4.77. The summed E-state index contributed by atoms with van der Waals surface area (Å²) in [4.78, 5) is 36.1. The summed E-state index contributed by atoms with van der Waals surface area (Å²) in [5.41, 5.74) is 1.05. The van der Waals surface area contributed by atoms with Crippen LogP contribution >= 0.6 is 0 Å². The lowest BCUT2D eigenvalue weighted by atomic mass is 10.1. The average molecular weight is 412 g/mol. The van der Waals surface area contributed by atoms with E-state index in [4.69, 9.17) is 4.99 Å². The molecule has 1 aromatic rings. The first-order valence-corrected chi connectivity index (χ1v) is 11.4. The van der Waals surface area contributed by atoms with Crippen LogP contribution in [0.2, 0.25) is 0 Å². The minimum Gasteiger partial charge on any atom is -0.357 e. The number of nitrogens with one attached hydrogen (secondary N) is 1. The van der Waals surface area contributed by atoms with Crippen molar-refractivity contribution in [2.24, 2.45) is 4.99 Å². The first kappa shape index (κ1) is 20.8. The van der Waals surface area contributed by atoms with Gasteiger partial charge in [-0.3, -0.25) is 24.4 Å². The number of nitrogens with zero attached hydrogens (tertiary/aromatic N) is 4. The molecule has 3 heterocycles. The van der Waals surface area contributed by atoms with Crippen molar-refractivity contribution in [2.45, 2.75) is 45.1 Å². The van der Waals surface area contributed by atoms with E-state index < -0.39 is 0 Å². The van der Waals surface area contributed by atoms with Crippen molar-refractivity contribution in [1.29, 1.82) is 0 Å². The van der Waals surface area contributed by atoms with Crippen LogP contribution in [0, 0.1) is 0 Å². The summed E-state index contributed by atoms with van der Waals surface area (Å²) in [6, 6.07) is 7.72.